The Morgan fingerprint density at radius 1 is 1.05 bits per heavy atom. The lowest BCUT2D eigenvalue weighted by Crippen LogP contribution is -1.93. The summed E-state index contributed by atoms with van der Waals surface area (Å²) in [7, 11) is 0. The normalized spacial score (nSPS) is 10.9. The van der Waals surface area contributed by atoms with Crippen LogP contribution in [0.4, 0.5) is 5.69 Å². The van der Waals surface area contributed by atoms with Gasteiger partial charge in [-0.1, -0.05) is 46.9 Å². The predicted octanol–water partition coefficient (Wildman–Crippen LogP) is 4.80. The van der Waals surface area contributed by atoms with E-state index in [1.807, 2.05) is 0 Å². The minimum absolute atomic E-state index is 0.140. The van der Waals surface area contributed by atoms with Gasteiger partial charge in [-0.15, -0.1) is 0 Å². The first-order valence-electron chi connectivity index (χ1n) is 5.29. The number of nitrogens with zero attached hydrogens (tertiary/aromatic N) is 1. The van der Waals surface area contributed by atoms with Gasteiger partial charge in [0, 0.05) is 10.6 Å². The Hall–Kier alpha value is -1.42. The zero-order valence-corrected chi connectivity index (χ0v) is 11.8. The first-order chi connectivity index (χ1) is 9.08. The van der Waals surface area contributed by atoms with Gasteiger partial charge in [-0.3, -0.25) is 5.43 Å². The van der Waals surface area contributed by atoms with Crippen molar-refractivity contribution in [1.29, 1.82) is 0 Å². The molecule has 0 unspecified atom stereocenters. The van der Waals surface area contributed by atoms with Crippen LogP contribution in [0.3, 0.4) is 0 Å². The molecule has 2 rings (SSSR count). The maximum Gasteiger partial charge on any atom is 0.124 e. The van der Waals surface area contributed by atoms with E-state index in [-0.39, 0.29) is 5.75 Å². The molecule has 0 bridgehead atoms. The molecule has 0 saturated carbocycles. The minimum Gasteiger partial charge on any atom is -0.507 e. The number of hydrogen-bond donors (Lipinski definition) is 2. The number of anilines is 1. The highest BCUT2D eigenvalue weighted by Crippen LogP contribution is 2.33. The van der Waals surface area contributed by atoms with Crippen LogP contribution < -0.4 is 5.43 Å². The number of hydrazone groups is 1. The molecule has 98 valence electrons. The topological polar surface area (TPSA) is 44.6 Å². The van der Waals surface area contributed by atoms with E-state index in [1.165, 1.54) is 6.21 Å². The van der Waals surface area contributed by atoms with Crippen LogP contribution in [0, 0.1) is 0 Å². The molecule has 0 aliphatic carbocycles. The highest BCUT2D eigenvalue weighted by atomic mass is 35.5. The van der Waals surface area contributed by atoms with Crippen molar-refractivity contribution < 1.29 is 5.11 Å². The van der Waals surface area contributed by atoms with Gasteiger partial charge in [0.15, 0.2) is 0 Å². The zero-order chi connectivity index (χ0) is 13.8. The summed E-state index contributed by atoms with van der Waals surface area (Å²) in [5.41, 5.74) is 3.76. The van der Waals surface area contributed by atoms with Gasteiger partial charge in [0.1, 0.15) is 5.75 Å². The van der Waals surface area contributed by atoms with Gasteiger partial charge < -0.3 is 5.11 Å². The van der Waals surface area contributed by atoms with E-state index in [4.69, 9.17) is 34.8 Å². The SMILES string of the molecule is Oc1ccccc1C=NNc1c(Cl)cc(Cl)cc1Cl. The summed E-state index contributed by atoms with van der Waals surface area (Å²) in [5, 5.41) is 14.7. The third-order valence-corrected chi connectivity index (χ3v) is 3.14. The van der Waals surface area contributed by atoms with Crippen molar-refractivity contribution >= 4 is 46.7 Å². The Labute approximate surface area is 125 Å². The second-order valence-electron chi connectivity index (χ2n) is 3.67. The predicted molar refractivity (Wildman–Crippen MR) is 80.8 cm³/mol. The van der Waals surface area contributed by atoms with Crippen LogP contribution in [0.25, 0.3) is 0 Å². The van der Waals surface area contributed by atoms with Gasteiger partial charge in [-0.25, -0.2) is 0 Å². The Bertz CT molecular complexity index is 606. The Kier molecular flexibility index (Phi) is 4.53. The first kappa shape index (κ1) is 14.0. The lowest BCUT2D eigenvalue weighted by atomic mass is 10.2. The molecular weight excluding hydrogens is 307 g/mol. The first-order valence-corrected chi connectivity index (χ1v) is 6.43. The maximum atomic E-state index is 9.56. The molecular formula is C13H9Cl3N2O. The highest BCUT2D eigenvalue weighted by Gasteiger charge is 2.06. The molecule has 19 heavy (non-hydrogen) atoms. The largest absolute Gasteiger partial charge is 0.507 e. The molecule has 0 heterocycles. The van der Waals surface area contributed by atoms with E-state index in [0.29, 0.717) is 26.3 Å². The summed E-state index contributed by atoms with van der Waals surface area (Å²) in [6.45, 7) is 0. The van der Waals surface area contributed by atoms with Gasteiger partial charge in [0.05, 0.1) is 21.9 Å². The van der Waals surface area contributed by atoms with Crippen LogP contribution in [-0.4, -0.2) is 11.3 Å². The number of aromatic hydroxyl groups is 1. The van der Waals surface area contributed by atoms with E-state index in [2.05, 4.69) is 10.5 Å². The average Bonchev–Trinajstić information content (AvgIpc) is 2.34. The van der Waals surface area contributed by atoms with Gasteiger partial charge in [-0.05, 0) is 24.3 Å². The summed E-state index contributed by atoms with van der Waals surface area (Å²) >= 11 is 17.8. The van der Waals surface area contributed by atoms with Crippen molar-refractivity contribution in [3.05, 3.63) is 57.0 Å². The Morgan fingerprint density at radius 2 is 1.68 bits per heavy atom. The second-order valence-corrected chi connectivity index (χ2v) is 4.92. The lowest BCUT2D eigenvalue weighted by molar-refractivity contribution is 0.474. The molecule has 0 radical (unpaired) electrons. The van der Waals surface area contributed by atoms with Crippen molar-refractivity contribution in [3.63, 3.8) is 0 Å². The maximum absolute atomic E-state index is 9.56. The number of rotatable bonds is 3. The Morgan fingerprint density at radius 3 is 2.32 bits per heavy atom. The zero-order valence-electron chi connectivity index (χ0n) is 9.57. The molecule has 0 fully saturated rings. The molecule has 0 atom stereocenters. The number of phenolic OH excluding ortho intramolecular Hbond substituents is 1. The van der Waals surface area contributed by atoms with Crippen molar-refractivity contribution in [2.45, 2.75) is 0 Å². The van der Waals surface area contributed by atoms with Crippen molar-refractivity contribution in [3.8, 4) is 5.75 Å². The molecule has 6 heteroatoms. The molecule has 0 saturated heterocycles. The molecule has 2 N–H and O–H groups in total. The number of hydrogen-bond acceptors (Lipinski definition) is 3. The molecule has 2 aromatic carbocycles. The van der Waals surface area contributed by atoms with Crippen LogP contribution in [0.5, 0.6) is 5.75 Å². The van der Waals surface area contributed by atoms with Crippen molar-refractivity contribution in [2.75, 3.05) is 5.43 Å². The number of phenols is 1. The molecule has 0 aliphatic rings. The van der Waals surface area contributed by atoms with Crippen LogP contribution in [0.1, 0.15) is 5.56 Å². The minimum atomic E-state index is 0.140. The monoisotopic (exact) mass is 314 g/mol. The van der Waals surface area contributed by atoms with Gasteiger partial charge in [0.2, 0.25) is 0 Å². The van der Waals surface area contributed by atoms with E-state index in [9.17, 15) is 5.11 Å². The van der Waals surface area contributed by atoms with Crippen molar-refractivity contribution in [2.24, 2.45) is 5.10 Å². The van der Waals surface area contributed by atoms with Crippen LogP contribution in [-0.2, 0) is 0 Å². The molecule has 0 aliphatic heterocycles. The summed E-state index contributed by atoms with van der Waals surface area (Å²) < 4.78 is 0. The number of para-hydroxylation sites is 1. The fourth-order valence-corrected chi connectivity index (χ4v) is 2.31. The molecule has 0 aromatic heterocycles. The fraction of sp³-hybridized carbons (Fsp3) is 0. The standard InChI is InChI=1S/C13H9Cl3N2O/c14-9-5-10(15)13(11(16)6-9)18-17-7-8-3-1-2-4-12(8)19/h1-7,18-19H. The average molecular weight is 316 g/mol. The molecule has 2 aromatic rings. The third-order valence-electron chi connectivity index (χ3n) is 2.32. The van der Waals surface area contributed by atoms with Crippen LogP contribution >= 0.6 is 34.8 Å². The van der Waals surface area contributed by atoms with E-state index in [0.717, 1.165) is 0 Å². The quantitative estimate of drug-likeness (QED) is 0.631. The summed E-state index contributed by atoms with van der Waals surface area (Å²) in [6.07, 6.45) is 1.47. The molecule has 0 amide bonds. The van der Waals surface area contributed by atoms with E-state index in [1.54, 1.807) is 36.4 Å². The van der Waals surface area contributed by atoms with Crippen molar-refractivity contribution in [1.82, 2.24) is 0 Å². The number of halogens is 3. The third kappa shape index (κ3) is 3.53. The molecule has 3 nitrogen and oxygen atoms in total. The summed E-state index contributed by atoms with van der Waals surface area (Å²) in [4.78, 5) is 0. The highest BCUT2D eigenvalue weighted by molar-refractivity contribution is 6.41. The number of nitrogens with one attached hydrogen (secondary N) is 1. The summed E-state index contributed by atoms with van der Waals surface area (Å²) in [6, 6.07) is 9.95. The summed E-state index contributed by atoms with van der Waals surface area (Å²) in [5.74, 6) is 0.140. The number of benzene rings is 2. The second kappa shape index (κ2) is 6.15. The lowest BCUT2D eigenvalue weighted by Gasteiger charge is -2.06. The molecule has 0 spiro atoms. The Balaban J connectivity index is 2.18. The van der Waals surface area contributed by atoms with E-state index >= 15 is 0 Å². The smallest absolute Gasteiger partial charge is 0.124 e. The van der Waals surface area contributed by atoms with Crippen LogP contribution in [0.2, 0.25) is 15.1 Å². The van der Waals surface area contributed by atoms with Gasteiger partial charge in [0.25, 0.3) is 0 Å². The van der Waals surface area contributed by atoms with Crippen LogP contribution in [0.15, 0.2) is 41.5 Å². The fourth-order valence-electron chi connectivity index (χ4n) is 1.41. The van der Waals surface area contributed by atoms with Gasteiger partial charge in [-0.2, -0.15) is 5.10 Å². The van der Waals surface area contributed by atoms with E-state index < -0.39 is 0 Å². The van der Waals surface area contributed by atoms with Gasteiger partial charge >= 0.3 is 0 Å².